The van der Waals surface area contributed by atoms with Crippen LogP contribution >= 0.6 is 0 Å². The number of rotatable bonds is 21. The number of aliphatic hydroxyl groups is 2. The lowest BCUT2D eigenvalue weighted by atomic mass is 9.73. The van der Waals surface area contributed by atoms with Crippen molar-refractivity contribution >= 4 is 5.97 Å². The van der Waals surface area contributed by atoms with Gasteiger partial charge in [-0.2, -0.15) is 0 Å². The van der Waals surface area contributed by atoms with Crippen molar-refractivity contribution in [2.75, 3.05) is 33.0 Å². The largest absolute Gasteiger partial charge is 0.493 e. The van der Waals surface area contributed by atoms with E-state index >= 15 is 0 Å². The highest BCUT2D eigenvalue weighted by atomic mass is 16.6. The minimum Gasteiger partial charge on any atom is -0.493 e. The Morgan fingerprint density at radius 3 is 1.94 bits per heavy atom. The quantitative estimate of drug-likeness (QED) is 0.0588. The van der Waals surface area contributed by atoms with Gasteiger partial charge < -0.3 is 24.4 Å². The van der Waals surface area contributed by atoms with Crippen LogP contribution in [0.2, 0.25) is 0 Å². The fourth-order valence-corrected chi connectivity index (χ4v) is 7.97. The minimum atomic E-state index is -0.635. The summed E-state index contributed by atoms with van der Waals surface area (Å²) in [6.45, 7) is 12.0. The predicted octanol–water partition coefficient (Wildman–Crippen LogP) is 10.1. The Balaban J connectivity index is 1.34. The van der Waals surface area contributed by atoms with Crippen molar-refractivity contribution in [3.8, 4) is 22.6 Å². The van der Waals surface area contributed by atoms with Crippen molar-refractivity contribution in [1.29, 1.82) is 0 Å². The molecule has 0 radical (unpaired) electrons. The summed E-state index contributed by atoms with van der Waals surface area (Å²) in [6, 6.07) is 12.8. The maximum atomic E-state index is 11.8. The molecule has 0 unspecified atom stereocenters. The molecule has 2 aromatic rings. The zero-order chi connectivity index (χ0) is 35.7. The van der Waals surface area contributed by atoms with Crippen LogP contribution in [-0.2, 0) is 16.0 Å². The fraction of sp³-hybridized carbons (Fsp3) is 0.614. The van der Waals surface area contributed by atoms with Gasteiger partial charge in [-0.25, -0.2) is 4.79 Å². The topological polar surface area (TPSA) is 85.2 Å². The van der Waals surface area contributed by atoms with Crippen LogP contribution in [0.25, 0.3) is 11.1 Å². The highest BCUT2D eigenvalue weighted by Crippen LogP contribution is 2.42. The molecule has 6 heteroatoms. The summed E-state index contributed by atoms with van der Waals surface area (Å²) in [4.78, 5) is 11.8. The van der Waals surface area contributed by atoms with E-state index < -0.39 is 12.6 Å². The predicted molar refractivity (Wildman–Crippen MR) is 204 cm³/mol. The lowest BCUT2D eigenvalue weighted by molar-refractivity contribution is -0.140. The molecule has 0 atom stereocenters. The van der Waals surface area contributed by atoms with Gasteiger partial charge >= 0.3 is 5.97 Å². The number of benzene rings is 2. The summed E-state index contributed by atoms with van der Waals surface area (Å²) in [5.41, 5.74) is 5.75. The maximum Gasteiger partial charge on any atom is 0.335 e. The molecule has 0 bridgehead atoms. The standard InChI is InChI=1S/C44H64O6/c1-5-7-8-9-34-10-12-35(13-11-34)14-15-36-16-18-38(19-17-36)43-21-20-39(26-37(43)6-2)40-27-41(48-23-22-32(3)30-45)29-42(28-40)49-24-25-50-44(47)33(4)31-46/h20-21,26-29,34-36,38,45-46H,3-19,22-25,30-31H2,1-2H3. The average Bonchev–Trinajstić information content (AvgIpc) is 3.15. The molecular weight excluding hydrogens is 624 g/mol. The van der Waals surface area contributed by atoms with Crippen LogP contribution in [0.5, 0.6) is 11.5 Å². The highest BCUT2D eigenvalue weighted by molar-refractivity contribution is 5.87. The van der Waals surface area contributed by atoms with E-state index in [4.69, 9.17) is 19.3 Å². The number of esters is 1. The second-order valence-corrected chi connectivity index (χ2v) is 14.9. The summed E-state index contributed by atoms with van der Waals surface area (Å²) < 4.78 is 17.2. The normalized spacial score (nSPS) is 20.6. The number of carbonyl (C=O) groups excluding carboxylic acids is 1. The van der Waals surface area contributed by atoms with Gasteiger partial charge in [-0.3, -0.25) is 0 Å². The molecule has 6 nitrogen and oxygen atoms in total. The van der Waals surface area contributed by atoms with E-state index in [9.17, 15) is 9.90 Å². The summed E-state index contributed by atoms with van der Waals surface area (Å²) in [5.74, 6) is 4.14. The fourth-order valence-electron chi connectivity index (χ4n) is 7.97. The van der Waals surface area contributed by atoms with E-state index in [1.165, 1.54) is 101 Å². The molecule has 2 saturated carbocycles. The van der Waals surface area contributed by atoms with Crippen molar-refractivity contribution < 1.29 is 29.2 Å². The van der Waals surface area contributed by atoms with E-state index in [1.807, 2.05) is 18.2 Å². The molecule has 2 aromatic carbocycles. The third-order valence-electron chi connectivity index (χ3n) is 11.2. The van der Waals surface area contributed by atoms with E-state index in [1.54, 1.807) is 0 Å². The molecule has 50 heavy (non-hydrogen) atoms. The lowest BCUT2D eigenvalue weighted by Crippen LogP contribution is -2.18. The van der Waals surface area contributed by atoms with Crippen LogP contribution in [0, 0.1) is 17.8 Å². The first-order valence-electron chi connectivity index (χ1n) is 19.6. The zero-order valence-electron chi connectivity index (χ0n) is 31.1. The first kappa shape index (κ1) is 39.7. The molecular formula is C44H64O6. The summed E-state index contributed by atoms with van der Waals surface area (Å²) in [5, 5.41) is 18.4. The summed E-state index contributed by atoms with van der Waals surface area (Å²) in [7, 11) is 0. The number of ether oxygens (including phenoxy) is 3. The van der Waals surface area contributed by atoms with Crippen molar-refractivity contribution in [3.63, 3.8) is 0 Å². The average molecular weight is 689 g/mol. The Kier molecular flexibility index (Phi) is 16.9. The number of aliphatic hydroxyl groups excluding tert-OH is 2. The zero-order valence-corrected chi connectivity index (χ0v) is 31.1. The SMILES string of the molecule is C=C(CO)CCOc1cc(OCCOC(=O)C(=C)CO)cc(-c2ccc(C3CCC(CCC4CCC(CCCCC)CC4)CC3)c(CC)c2)c1. The monoisotopic (exact) mass is 688 g/mol. The Labute approximate surface area is 302 Å². The molecule has 0 heterocycles. The first-order chi connectivity index (χ1) is 24.3. The second kappa shape index (κ2) is 21.3. The summed E-state index contributed by atoms with van der Waals surface area (Å²) in [6.07, 6.45) is 21.2. The van der Waals surface area contributed by atoms with Crippen molar-refractivity contribution in [2.45, 2.75) is 122 Å². The van der Waals surface area contributed by atoms with Gasteiger partial charge in [0.05, 0.1) is 25.4 Å². The van der Waals surface area contributed by atoms with Crippen LogP contribution in [0.1, 0.15) is 127 Å². The van der Waals surface area contributed by atoms with E-state index in [-0.39, 0.29) is 25.4 Å². The summed E-state index contributed by atoms with van der Waals surface area (Å²) >= 11 is 0. The lowest BCUT2D eigenvalue weighted by Gasteiger charge is -2.33. The van der Waals surface area contributed by atoms with Crippen LogP contribution in [0.15, 0.2) is 60.7 Å². The molecule has 0 amide bonds. The number of carbonyl (C=O) groups is 1. The van der Waals surface area contributed by atoms with Gasteiger partial charge in [0.2, 0.25) is 0 Å². The Morgan fingerprint density at radius 2 is 1.34 bits per heavy atom. The van der Waals surface area contributed by atoms with Crippen LogP contribution in [-0.4, -0.2) is 49.2 Å². The molecule has 4 rings (SSSR count). The van der Waals surface area contributed by atoms with E-state index in [0.29, 0.717) is 30.4 Å². The van der Waals surface area contributed by atoms with Crippen LogP contribution in [0.4, 0.5) is 0 Å². The van der Waals surface area contributed by atoms with E-state index in [2.05, 4.69) is 45.2 Å². The highest BCUT2D eigenvalue weighted by Gasteiger charge is 2.26. The van der Waals surface area contributed by atoms with Gasteiger partial charge in [0, 0.05) is 12.5 Å². The van der Waals surface area contributed by atoms with Gasteiger partial charge in [-0.05, 0) is 95.7 Å². The Morgan fingerprint density at radius 1 is 0.720 bits per heavy atom. The molecule has 0 spiro atoms. The third-order valence-corrected chi connectivity index (χ3v) is 11.2. The van der Waals surface area contributed by atoms with Crippen LogP contribution < -0.4 is 9.47 Å². The van der Waals surface area contributed by atoms with E-state index in [0.717, 1.165) is 40.9 Å². The van der Waals surface area contributed by atoms with Gasteiger partial charge in [0.25, 0.3) is 0 Å². The van der Waals surface area contributed by atoms with Gasteiger partial charge in [0.1, 0.15) is 24.7 Å². The molecule has 2 N–H and O–H groups in total. The molecule has 0 aromatic heterocycles. The maximum absolute atomic E-state index is 11.8. The van der Waals surface area contributed by atoms with Gasteiger partial charge in [-0.1, -0.05) is 109 Å². The molecule has 2 aliphatic rings. The van der Waals surface area contributed by atoms with Crippen molar-refractivity contribution in [1.82, 2.24) is 0 Å². The number of unbranched alkanes of at least 4 members (excludes halogenated alkanes) is 2. The second-order valence-electron chi connectivity index (χ2n) is 14.9. The minimum absolute atomic E-state index is 0.0102. The third kappa shape index (κ3) is 12.6. The van der Waals surface area contributed by atoms with Crippen LogP contribution in [0.3, 0.4) is 0 Å². The van der Waals surface area contributed by atoms with Gasteiger partial charge in [-0.15, -0.1) is 0 Å². The molecule has 0 saturated heterocycles. The molecule has 2 aliphatic carbocycles. The van der Waals surface area contributed by atoms with Crippen molar-refractivity contribution in [3.05, 3.63) is 71.8 Å². The smallest absolute Gasteiger partial charge is 0.335 e. The molecule has 0 aliphatic heterocycles. The number of hydrogen-bond donors (Lipinski definition) is 2. The number of hydrogen-bond acceptors (Lipinski definition) is 6. The number of aryl methyl sites for hydroxylation is 1. The molecule has 2 fully saturated rings. The molecule has 276 valence electrons. The van der Waals surface area contributed by atoms with Gasteiger partial charge in [0.15, 0.2) is 0 Å². The first-order valence-corrected chi connectivity index (χ1v) is 19.6. The van der Waals surface area contributed by atoms with Crippen molar-refractivity contribution in [2.24, 2.45) is 17.8 Å². The Bertz CT molecular complexity index is 1350. The Hall–Kier alpha value is -3.09.